The van der Waals surface area contributed by atoms with E-state index in [2.05, 4.69) is 11.9 Å². The SMILES string of the molecule is C=CCNC(=O)OCCOC[C@H](N)C(O)O. The fourth-order valence-electron chi connectivity index (χ4n) is 0.705. The van der Waals surface area contributed by atoms with Crippen LogP contribution in [0.1, 0.15) is 0 Å². The Bertz CT molecular complexity index is 210. The minimum absolute atomic E-state index is 0.0185. The average molecular weight is 234 g/mol. The summed E-state index contributed by atoms with van der Waals surface area (Å²) in [6, 6.07) is -0.866. The van der Waals surface area contributed by atoms with Crippen molar-refractivity contribution in [3.05, 3.63) is 12.7 Å². The Labute approximate surface area is 93.8 Å². The topological polar surface area (TPSA) is 114 Å². The van der Waals surface area contributed by atoms with Crippen LogP contribution in [0, 0.1) is 0 Å². The van der Waals surface area contributed by atoms with Gasteiger partial charge in [-0.15, -0.1) is 6.58 Å². The highest BCUT2D eigenvalue weighted by Crippen LogP contribution is 1.87. The molecule has 0 aromatic heterocycles. The summed E-state index contributed by atoms with van der Waals surface area (Å²) in [6.07, 6.45) is -0.647. The second-order valence-electron chi connectivity index (χ2n) is 2.96. The van der Waals surface area contributed by atoms with Gasteiger partial charge in [-0.25, -0.2) is 4.79 Å². The Morgan fingerprint density at radius 2 is 2.19 bits per heavy atom. The molecule has 5 N–H and O–H groups in total. The third-order valence-corrected chi connectivity index (χ3v) is 1.54. The van der Waals surface area contributed by atoms with E-state index in [1.807, 2.05) is 0 Å². The fraction of sp³-hybridized carbons (Fsp3) is 0.667. The van der Waals surface area contributed by atoms with Crippen molar-refractivity contribution in [2.24, 2.45) is 5.73 Å². The summed E-state index contributed by atoms with van der Waals surface area (Å²) in [4.78, 5) is 10.9. The van der Waals surface area contributed by atoms with Gasteiger partial charge in [0.2, 0.25) is 0 Å². The van der Waals surface area contributed by atoms with E-state index in [9.17, 15) is 4.79 Å². The first-order chi connectivity index (χ1) is 7.57. The number of rotatable bonds is 8. The number of hydrogen-bond donors (Lipinski definition) is 4. The van der Waals surface area contributed by atoms with Gasteiger partial charge >= 0.3 is 6.09 Å². The molecule has 1 atom stereocenters. The Kier molecular flexibility index (Phi) is 8.45. The summed E-state index contributed by atoms with van der Waals surface area (Å²) in [5.74, 6) is 0. The van der Waals surface area contributed by atoms with Gasteiger partial charge in [0.1, 0.15) is 6.61 Å². The van der Waals surface area contributed by atoms with E-state index < -0.39 is 18.4 Å². The monoisotopic (exact) mass is 234 g/mol. The molecule has 0 unspecified atom stereocenters. The van der Waals surface area contributed by atoms with Gasteiger partial charge in [-0.2, -0.15) is 0 Å². The van der Waals surface area contributed by atoms with Crippen molar-refractivity contribution < 1.29 is 24.5 Å². The van der Waals surface area contributed by atoms with Gasteiger partial charge in [-0.3, -0.25) is 0 Å². The minimum atomic E-state index is -1.61. The quantitative estimate of drug-likeness (QED) is 0.232. The van der Waals surface area contributed by atoms with E-state index in [1.54, 1.807) is 0 Å². The van der Waals surface area contributed by atoms with Crippen LogP contribution >= 0.6 is 0 Å². The Hall–Kier alpha value is -1.15. The van der Waals surface area contributed by atoms with Gasteiger partial charge in [0.05, 0.1) is 19.3 Å². The second kappa shape index (κ2) is 9.10. The van der Waals surface area contributed by atoms with Crippen molar-refractivity contribution in [2.75, 3.05) is 26.4 Å². The van der Waals surface area contributed by atoms with Crippen LogP contribution in [-0.4, -0.2) is 55.0 Å². The van der Waals surface area contributed by atoms with E-state index in [0.29, 0.717) is 6.54 Å². The van der Waals surface area contributed by atoms with Crippen LogP contribution in [-0.2, 0) is 9.47 Å². The standard InChI is InChI=1S/C9H18N2O5/c1-2-3-11-9(14)16-5-4-15-6-7(10)8(12)13/h2,7-8,12-13H,1,3-6,10H2,(H,11,14)/t7-/m0/s1. The molecule has 16 heavy (non-hydrogen) atoms. The summed E-state index contributed by atoms with van der Waals surface area (Å²) >= 11 is 0. The molecule has 0 rings (SSSR count). The molecule has 0 saturated carbocycles. The molecule has 0 bridgehead atoms. The molecule has 0 aromatic rings. The number of hydrogen-bond acceptors (Lipinski definition) is 6. The van der Waals surface area contributed by atoms with Crippen LogP contribution in [0.25, 0.3) is 0 Å². The molecule has 0 aliphatic carbocycles. The molecular formula is C9H18N2O5. The predicted octanol–water partition coefficient (Wildman–Crippen LogP) is -1.45. The largest absolute Gasteiger partial charge is 0.447 e. The number of aliphatic hydroxyl groups is 2. The number of amides is 1. The van der Waals surface area contributed by atoms with Crippen molar-refractivity contribution in [1.29, 1.82) is 0 Å². The van der Waals surface area contributed by atoms with Crippen molar-refractivity contribution in [2.45, 2.75) is 12.3 Å². The van der Waals surface area contributed by atoms with Gasteiger partial charge < -0.3 is 30.7 Å². The van der Waals surface area contributed by atoms with Crippen molar-refractivity contribution in [1.82, 2.24) is 5.32 Å². The van der Waals surface area contributed by atoms with Gasteiger partial charge in [0.25, 0.3) is 0 Å². The first-order valence-electron chi connectivity index (χ1n) is 4.79. The molecule has 0 aromatic carbocycles. The lowest BCUT2D eigenvalue weighted by molar-refractivity contribution is -0.0775. The highest BCUT2D eigenvalue weighted by molar-refractivity contribution is 5.67. The summed E-state index contributed by atoms with van der Waals surface area (Å²) in [6.45, 7) is 3.95. The molecule has 0 aliphatic rings. The van der Waals surface area contributed by atoms with Crippen LogP contribution in [0.15, 0.2) is 12.7 Å². The van der Waals surface area contributed by atoms with E-state index in [-0.39, 0.29) is 19.8 Å². The predicted molar refractivity (Wildman–Crippen MR) is 56.6 cm³/mol. The zero-order valence-electron chi connectivity index (χ0n) is 8.96. The second-order valence-corrected chi connectivity index (χ2v) is 2.96. The van der Waals surface area contributed by atoms with Gasteiger partial charge in [-0.05, 0) is 0 Å². The van der Waals surface area contributed by atoms with Crippen LogP contribution < -0.4 is 11.1 Å². The van der Waals surface area contributed by atoms with Crippen LogP contribution in [0.5, 0.6) is 0 Å². The third kappa shape index (κ3) is 8.18. The molecule has 0 aliphatic heterocycles. The third-order valence-electron chi connectivity index (χ3n) is 1.54. The number of carbonyl (C=O) groups excluding carboxylic acids is 1. The summed E-state index contributed by atoms with van der Waals surface area (Å²) in [7, 11) is 0. The number of nitrogens with one attached hydrogen (secondary N) is 1. The summed E-state index contributed by atoms with van der Waals surface area (Å²) in [5.41, 5.74) is 5.27. The van der Waals surface area contributed by atoms with E-state index in [4.69, 9.17) is 25.4 Å². The van der Waals surface area contributed by atoms with Gasteiger partial charge in [0, 0.05) is 6.54 Å². The number of ether oxygens (including phenoxy) is 2. The molecule has 7 nitrogen and oxygen atoms in total. The van der Waals surface area contributed by atoms with Crippen molar-refractivity contribution in [3.63, 3.8) is 0 Å². The maximum absolute atomic E-state index is 10.9. The molecular weight excluding hydrogens is 216 g/mol. The zero-order chi connectivity index (χ0) is 12.4. The lowest BCUT2D eigenvalue weighted by Gasteiger charge is -2.13. The van der Waals surface area contributed by atoms with Crippen molar-refractivity contribution in [3.8, 4) is 0 Å². The van der Waals surface area contributed by atoms with Crippen molar-refractivity contribution >= 4 is 6.09 Å². The lowest BCUT2D eigenvalue weighted by Crippen LogP contribution is -2.39. The average Bonchev–Trinajstić information content (AvgIpc) is 2.25. The highest BCUT2D eigenvalue weighted by atomic mass is 16.6. The first-order valence-corrected chi connectivity index (χ1v) is 4.79. The Balaban J connectivity index is 3.33. The molecule has 0 spiro atoms. The maximum atomic E-state index is 10.9. The minimum Gasteiger partial charge on any atom is -0.447 e. The lowest BCUT2D eigenvalue weighted by atomic mass is 10.3. The van der Waals surface area contributed by atoms with Crippen LogP contribution in [0.3, 0.4) is 0 Å². The molecule has 7 heteroatoms. The maximum Gasteiger partial charge on any atom is 0.407 e. The number of alkyl carbamates (subject to hydrolysis) is 1. The Morgan fingerprint density at radius 3 is 2.75 bits per heavy atom. The van der Waals surface area contributed by atoms with E-state index in [1.165, 1.54) is 6.08 Å². The van der Waals surface area contributed by atoms with Gasteiger partial charge in [-0.1, -0.05) is 6.08 Å². The molecule has 94 valence electrons. The van der Waals surface area contributed by atoms with E-state index in [0.717, 1.165) is 0 Å². The van der Waals surface area contributed by atoms with Crippen LogP contribution in [0.4, 0.5) is 4.79 Å². The number of aliphatic hydroxyl groups excluding tert-OH is 1. The fourth-order valence-corrected chi connectivity index (χ4v) is 0.705. The molecule has 0 fully saturated rings. The van der Waals surface area contributed by atoms with Gasteiger partial charge in [0.15, 0.2) is 6.29 Å². The summed E-state index contributed by atoms with van der Waals surface area (Å²) in [5, 5.41) is 19.6. The Morgan fingerprint density at radius 1 is 1.50 bits per heavy atom. The highest BCUT2D eigenvalue weighted by Gasteiger charge is 2.10. The number of carbonyl (C=O) groups is 1. The summed E-state index contributed by atoms with van der Waals surface area (Å²) < 4.78 is 9.64. The van der Waals surface area contributed by atoms with Crippen LogP contribution in [0.2, 0.25) is 0 Å². The zero-order valence-corrected chi connectivity index (χ0v) is 8.96. The number of nitrogens with two attached hydrogens (primary N) is 1. The first kappa shape index (κ1) is 14.8. The smallest absolute Gasteiger partial charge is 0.407 e. The normalized spacial score (nSPS) is 12.2. The molecule has 0 heterocycles. The van der Waals surface area contributed by atoms with E-state index >= 15 is 0 Å². The molecule has 1 amide bonds. The molecule has 0 radical (unpaired) electrons. The molecule has 0 saturated heterocycles.